The van der Waals surface area contributed by atoms with Crippen LogP contribution in [0, 0.1) is 5.41 Å². The molecule has 5 rings (SSSR count). The molecular weight excluding hydrogens is 292 g/mol. The normalized spacial score (nSPS) is 25.5. The van der Waals surface area contributed by atoms with Gasteiger partial charge in [0.15, 0.2) is 0 Å². The van der Waals surface area contributed by atoms with Crippen LogP contribution in [-0.2, 0) is 6.42 Å². The van der Waals surface area contributed by atoms with Gasteiger partial charge in [0.25, 0.3) is 0 Å². The second-order valence-electron chi connectivity index (χ2n) is 8.26. The maximum Gasteiger partial charge on any atom is 0.105 e. The van der Waals surface area contributed by atoms with Gasteiger partial charge in [-0.15, -0.1) is 0 Å². The van der Waals surface area contributed by atoms with Crippen LogP contribution in [0.5, 0.6) is 0 Å². The number of fused-ring (bicyclic) bond motifs is 4. The van der Waals surface area contributed by atoms with Crippen LogP contribution in [0.1, 0.15) is 68.9 Å². The molecule has 0 bridgehead atoms. The van der Waals surface area contributed by atoms with E-state index < -0.39 is 0 Å². The lowest BCUT2D eigenvalue weighted by Gasteiger charge is -2.47. The van der Waals surface area contributed by atoms with E-state index in [0.717, 1.165) is 6.54 Å². The Balaban J connectivity index is 1.66. The Morgan fingerprint density at radius 1 is 0.917 bits per heavy atom. The Morgan fingerprint density at radius 2 is 1.75 bits per heavy atom. The van der Waals surface area contributed by atoms with Gasteiger partial charge >= 0.3 is 0 Å². The molecular formula is C22H28N2. The fourth-order valence-electron chi connectivity index (χ4n) is 5.53. The molecule has 2 nitrogen and oxygen atoms in total. The molecule has 2 heteroatoms. The van der Waals surface area contributed by atoms with Crippen molar-refractivity contribution in [1.82, 2.24) is 4.90 Å². The summed E-state index contributed by atoms with van der Waals surface area (Å²) in [7, 11) is 0. The third-order valence-electron chi connectivity index (χ3n) is 6.82. The fraction of sp³-hybridized carbons (Fsp3) is 0.591. The molecule has 2 aliphatic heterocycles. The van der Waals surface area contributed by atoms with E-state index in [1.165, 1.54) is 87.8 Å². The minimum atomic E-state index is 0.406. The van der Waals surface area contributed by atoms with Crippen LogP contribution in [0.4, 0.5) is 0 Å². The predicted octanol–water partition coefficient (Wildman–Crippen LogP) is 5.19. The first-order valence-electron chi connectivity index (χ1n) is 10.0. The number of benzene rings is 1. The summed E-state index contributed by atoms with van der Waals surface area (Å²) in [6, 6.07) is 9.09. The minimum absolute atomic E-state index is 0.406. The second kappa shape index (κ2) is 5.75. The molecule has 1 aromatic carbocycles. The molecule has 2 aliphatic carbocycles. The molecule has 1 saturated carbocycles. The van der Waals surface area contributed by atoms with Gasteiger partial charge in [-0.3, -0.25) is 0 Å². The average Bonchev–Trinajstić information content (AvgIpc) is 2.86. The van der Waals surface area contributed by atoms with Gasteiger partial charge in [-0.1, -0.05) is 49.9 Å². The maximum atomic E-state index is 5.30. The van der Waals surface area contributed by atoms with E-state index >= 15 is 0 Å². The van der Waals surface area contributed by atoms with Crippen molar-refractivity contribution in [2.75, 3.05) is 13.1 Å². The molecule has 1 spiro atoms. The summed E-state index contributed by atoms with van der Waals surface area (Å²) in [6.07, 6.45) is 13.4. The molecule has 126 valence electrons. The predicted molar refractivity (Wildman–Crippen MR) is 100 cm³/mol. The molecule has 0 aromatic heterocycles. The summed E-state index contributed by atoms with van der Waals surface area (Å²) in [5.74, 6) is 1.37. The Kier molecular flexibility index (Phi) is 3.53. The van der Waals surface area contributed by atoms with Gasteiger partial charge in [-0.2, -0.15) is 0 Å². The summed E-state index contributed by atoms with van der Waals surface area (Å²) < 4.78 is 0. The average molecular weight is 320 g/mol. The number of amidine groups is 1. The highest BCUT2D eigenvalue weighted by Gasteiger charge is 2.43. The smallest absolute Gasteiger partial charge is 0.105 e. The number of rotatable bonds is 0. The number of hydrogen-bond donors (Lipinski definition) is 0. The SMILES string of the molecule is c1ccc2c(c1)CC1(CCCCC1)C1=C2N=C2CCCCCN2C1. The Hall–Kier alpha value is -1.57. The van der Waals surface area contributed by atoms with E-state index in [2.05, 4.69) is 29.2 Å². The molecule has 24 heavy (non-hydrogen) atoms. The fourth-order valence-corrected chi connectivity index (χ4v) is 5.53. The molecule has 2 fully saturated rings. The lowest BCUT2D eigenvalue weighted by atomic mass is 9.61. The van der Waals surface area contributed by atoms with Gasteiger partial charge in [0.1, 0.15) is 5.84 Å². The van der Waals surface area contributed by atoms with Crippen LogP contribution in [0.25, 0.3) is 5.70 Å². The third-order valence-corrected chi connectivity index (χ3v) is 6.82. The van der Waals surface area contributed by atoms with Crippen LogP contribution >= 0.6 is 0 Å². The van der Waals surface area contributed by atoms with Gasteiger partial charge in [0, 0.05) is 25.1 Å². The van der Waals surface area contributed by atoms with Crippen molar-refractivity contribution in [3.63, 3.8) is 0 Å². The standard InChI is InChI=1S/C22H28N2/c1-3-11-20-23-21-18-10-5-4-9-17(18)15-22(12-6-2-7-13-22)19(21)16-24(20)14-8-1/h4-5,9-10H,1-3,6-8,11-16H2. The van der Waals surface area contributed by atoms with Crippen molar-refractivity contribution >= 4 is 11.5 Å². The van der Waals surface area contributed by atoms with E-state index in [9.17, 15) is 0 Å². The van der Waals surface area contributed by atoms with Gasteiger partial charge in [-0.05, 0) is 48.7 Å². The molecule has 1 saturated heterocycles. The van der Waals surface area contributed by atoms with Gasteiger partial charge < -0.3 is 4.90 Å². The summed E-state index contributed by atoms with van der Waals surface area (Å²) in [6.45, 7) is 2.37. The van der Waals surface area contributed by atoms with Crippen molar-refractivity contribution in [3.8, 4) is 0 Å². The summed E-state index contributed by atoms with van der Waals surface area (Å²) in [5, 5.41) is 0. The molecule has 0 amide bonds. The molecule has 1 aromatic rings. The van der Waals surface area contributed by atoms with Crippen molar-refractivity contribution < 1.29 is 0 Å². The second-order valence-corrected chi connectivity index (χ2v) is 8.26. The van der Waals surface area contributed by atoms with Crippen molar-refractivity contribution in [2.24, 2.45) is 10.4 Å². The Bertz CT molecular complexity index is 706. The van der Waals surface area contributed by atoms with Crippen LogP contribution < -0.4 is 0 Å². The zero-order valence-electron chi connectivity index (χ0n) is 14.7. The highest BCUT2D eigenvalue weighted by Crippen LogP contribution is 2.53. The first-order chi connectivity index (χ1) is 11.9. The molecule has 2 heterocycles. The highest BCUT2D eigenvalue weighted by molar-refractivity contribution is 5.92. The maximum absolute atomic E-state index is 5.30. The van der Waals surface area contributed by atoms with Crippen molar-refractivity contribution in [3.05, 3.63) is 41.0 Å². The molecule has 4 aliphatic rings. The monoisotopic (exact) mass is 320 g/mol. The number of aliphatic imine (C=N–C) groups is 1. The number of nitrogens with zero attached hydrogens (tertiary/aromatic N) is 2. The number of hydrogen-bond acceptors (Lipinski definition) is 2. The minimum Gasteiger partial charge on any atom is -0.356 e. The quantitative estimate of drug-likeness (QED) is 0.642. The van der Waals surface area contributed by atoms with Gasteiger partial charge in [0.05, 0.1) is 5.70 Å². The van der Waals surface area contributed by atoms with Crippen LogP contribution in [-0.4, -0.2) is 23.8 Å². The molecule has 0 atom stereocenters. The summed E-state index contributed by atoms with van der Waals surface area (Å²) >= 11 is 0. The topological polar surface area (TPSA) is 15.6 Å². The Morgan fingerprint density at radius 3 is 2.67 bits per heavy atom. The van der Waals surface area contributed by atoms with Crippen LogP contribution in [0.2, 0.25) is 0 Å². The first-order valence-corrected chi connectivity index (χ1v) is 10.0. The van der Waals surface area contributed by atoms with Crippen molar-refractivity contribution in [1.29, 1.82) is 0 Å². The zero-order chi connectivity index (χ0) is 16.0. The lowest BCUT2D eigenvalue weighted by Crippen LogP contribution is -2.43. The zero-order valence-corrected chi connectivity index (χ0v) is 14.7. The molecule has 0 unspecified atom stereocenters. The van der Waals surface area contributed by atoms with Gasteiger partial charge in [-0.25, -0.2) is 4.99 Å². The van der Waals surface area contributed by atoms with Crippen molar-refractivity contribution in [2.45, 2.75) is 64.2 Å². The van der Waals surface area contributed by atoms with E-state index in [4.69, 9.17) is 4.99 Å². The molecule has 0 radical (unpaired) electrons. The highest BCUT2D eigenvalue weighted by atomic mass is 15.2. The lowest BCUT2D eigenvalue weighted by molar-refractivity contribution is 0.218. The van der Waals surface area contributed by atoms with E-state index in [-0.39, 0.29) is 0 Å². The van der Waals surface area contributed by atoms with Gasteiger partial charge in [0.2, 0.25) is 0 Å². The van der Waals surface area contributed by atoms with E-state index in [1.807, 2.05) is 0 Å². The Labute approximate surface area is 145 Å². The summed E-state index contributed by atoms with van der Waals surface area (Å²) in [4.78, 5) is 7.92. The van der Waals surface area contributed by atoms with Crippen LogP contribution in [0.3, 0.4) is 0 Å². The van der Waals surface area contributed by atoms with E-state index in [0.29, 0.717) is 5.41 Å². The van der Waals surface area contributed by atoms with E-state index in [1.54, 1.807) is 11.1 Å². The first kappa shape index (κ1) is 14.7. The largest absolute Gasteiger partial charge is 0.356 e. The van der Waals surface area contributed by atoms with Crippen LogP contribution in [0.15, 0.2) is 34.8 Å². The third kappa shape index (κ3) is 2.26. The molecule has 0 N–H and O–H groups in total. The summed E-state index contributed by atoms with van der Waals surface area (Å²) in [5.41, 5.74) is 6.44.